The molecule has 0 spiro atoms. The van der Waals surface area contributed by atoms with Crippen LogP contribution in [0.5, 0.6) is 0 Å². The van der Waals surface area contributed by atoms with Gasteiger partial charge in [-0.25, -0.2) is 0 Å². The van der Waals surface area contributed by atoms with Gasteiger partial charge in [0.05, 0.1) is 0 Å². The lowest BCUT2D eigenvalue weighted by Gasteiger charge is -2.34. The van der Waals surface area contributed by atoms with E-state index in [4.69, 9.17) is 0 Å². The molecule has 3 rings (SSSR count). The SMILES string of the molecule is Cc1ccc(C)c(N(C(=O)c2csnn2)[C@@H](C(=O)NC(C)(C)C)c2cccnc2)c1. The van der Waals surface area contributed by atoms with E-state index in [1.54, 1.807) is 29.9 Å². The number of hydrogen-bond donors (Lipinski definition) is 1. The Morgan fingerprint density at radius 3 is 2.53 bits per heavy atom. The van der Waals surface area contributed by atoms with Crippen LogP contribution in [0.3, 0.4) is 0 Å². The van der Waals surface area contributed by atoms with Crippen LogP contribution in [-0.2, 0) is 4.79 Å². The van der Waals surface area contributed by atoms with Gasteiger partial charge in [-0.1, -0.05) is 22.7 Å². The van der Waals surface area contributed by atoms with Crippen molar-refractivity contribution in [1.29, 1.82) is 0 Å². The number of carbonyl (C=O) groups excluding carboxylic acids is 2. The Balaban J connectivity index is 2.21. The Morgan fingerprint density at radius 1 is 1.17 bits per heavy atom. The van der Waals surface area contributed by atoms with E-state index in [1.165, 1.54) is 4.90 Å². The Bertz CT molecular complexity index is 1030. The van der Waals surface area contributed by atoms with E-state index in [-0.39, 0.29) is 11.6 Å². The van der Waals surface area contributed by atoms with Gasteiger partial charge in [0, 0.05) is 34.6 Å². The lowest BCUT2D eigenvalue weighted by molar-refractivity contribution is -0.123. The van der Waals surface area contributed by atoms with Gasteiger partial charge in [0.15, 0.2) is 5.69 Å². The minimum Gasteiger partial charge on any atom is -0.349 e. The largest absolute Gasteiger partial charge is 0.349 e. The van der Waals surface area contributed by atoms with E-state index in [0.29, 0.717) is 11.3 Å². The number of benzene rings is 1. The van der Waals surface area contributed by atoms with Crippen molar-refractivity contribution in [3.8, 4) is 0 Å². The monoisotopic (exact) mass is 423 g/mol. The zero-order valence-electron chi connectivity index (χ0n) is 17.7. The van der Waals surface area contributed by atoms with Crippen LogP contribution in [0.1, 0.15) is 54.0 Å². The molecule has 30 heavy (non-hydrogen) atoms. The van der Waals surface area contributed by atoms with Crippen molar-refractivity contribution in [3.05, 3.63) is 70.5 Å². The minimum absolute atomic E-state index is 0.193. The van der Waals surface area contributed by atoms with Crippen LogP contribution in [0, 0.1) is 13.8 Å². The topological polar surface area (TPSA) is 88.1 Å². The fourth-order valence-electron chi connectivity index (χ4n) is 3.12. The van der Waals surface area contributed by atoms with Gasteiger partial charge in [0.1, 0.15) is 6.04 Å². The number of carbonyl (C=O) groups is 2. The van der Waals surface area contributed by atoms with Crippen LogP contribution >= 0.6 is 11.5 Å². The molecule has 0 aliphatic carbocycles. The number of aromatic nitrogens is 3. The van der Waals surface area contributed by atoms with Crippen LogP contribution in [-0.4, -0.2) is 31.9 Å². The molecule has 0 unspecified atom stereocenters. The standard InChI is InChI=1S/C22H25N5O2S/c1-14-8-9-15(2)18(11-14)27(21(29)17-13-30-26-25-17)19(16-7-6-10-23-12-16)20(28)24-22(3,4)5/h6-13,19H,1-5H3,(H,24,28)/t19-/m1/s1. The fourth-order valence-corrected chi connectivity index (χ4v) is 3.55. The summed E-state index contributed by atoms with van der Waals surface area (Å²) in [4.78, 5) is 32.7. The average molecular weight is 424 g/mol. The molecule has 1 N–H and O–H groups in total. The first-order valence-corrected chi connectivity index (χ1v) is 10.4. The maximum Gasteiger partial charge on any atom is 0.280 e. The third-order valence-corrected chi connectivity index (χ3v) is 4.93. The van der Waals surface area contributed by atoms with Crippen molar-refractivity contribution in [3.63, 3.8) is 0 Å². The summed E-state index contributed by atoms with van der Waals surface area (Å²) in [6.07, 6.45) is 3.24. The molecular formula is C22H25N5O2S. The van der Waals surface area contributed by atoms with Gasteiger partial charge in [-0.05, 0) is 69.4 Å². The predicted molar refractivity (Wildman–Crippen MR) is 118 cm³/mol. The molecule has 7 nitrogen and oxygen atoms in total. The summed E-state index contributed by atoms with van der Waals surface area (Å²) in [7, 11) is 0. The number of nitrogens with zero attached hydrogens (tertiary/aromatic N) is 4. The lowest BCUT2D eigenvalue weighted by Crippen LogP contribution is -2.49. The Kier molecular flexibility index (Phi) is 6.26. The summed E-state index contributed by atoms with van der Waals surface area (Å²) in [5.41, 5.74) is 2.82. The van der Waals surface area contributed by atoms with E-state index in [0.717, 1.165) is 22.7 Å². The summed E-state index contributed by atoms with van der Waals surface area (Å²) in [5.74, 6) is -0.691. The summed E-state index contributed by atoms with van der Waals surface area (Å²) in [6, 6.07) is 8.44. The molecule has 2 heterocycles. The molecule has 0 aliphatic heterocycles. The summed E-state index contributed by atoms with van der Waals surface area (Å²) in [5, 5.41) is 8.55. The maximum absolute atomic E-state index is 13.6. The van der Waals surface area contributed by atoms with E-state index in [1.807, 2.05) is 52.8 Å². The molecule has 0 radical (unpaired) electrons. The predicted octanol–water partition coefficient (Wildman–Crippen LogP) is 3.85. The summed E-state index contributed by atoms with van der Waals surface area (Å²) < 4.78 is 3.83. The second-order valence-corrected chi connectivity index (χ2v) is 8.79. The van der Waals surface area contributed by atoms with E-state index < -0.39 is 17.5 Å². The number of hydrogen-bond acceptors (Lipinski definition) is 6. The Hall–Kier alpha value is -3.13. The van der Waals surface area contributed by atoms with Crippen LogP contribution in [0.15, 0.2) is 48.1 Å². The van der Waals surface area contributed by atoms with Gasteiger partial charge in [0.25, 0.3) is 5.91 Å². The number of nitrogens with one attached hydrogen (secondary N) is 1. The van der Waals surface area contributed by atoms with Gasteiger partial charge in [-0.2, -0.15) is 0 Å². The number of anilines is 1. The number of aryl methyl sites for hydroxylation is 2. The number of amides is 2. The number of rotatable bonds is 5. The van der Waals surface area contributed by atoms with Crippen molar-refractivity contribution in [2.24, 2.45) is 0 Å². The van der Waals surface area contributed by atoms with Gasteiger partial charge < -0.3 is 5.32 Å². The smallest absolute Gasteiger partial charge is 0.280 e. The van der Waals surface area contributed by atoms with Gasteiger partial charge >= 0.3 is 0 Å². The lowest BCUT2D eigenvalue weighted by atomic mass is 10.0. The Labute approximate surface area is 180 Å². The third-order valence-electron chi connectivity index (χ3n) is 4.43. The van der Waals surface area contributed by atoms with Crippen LogP contribution in [0.25, 0.3) is 0 Å². The molecular weight excluding hydrogens is 398 g/mol. The highest BCUT2D eigenvalue weighted by molar-refractivity contribution is 7.03. The fraction of sp³-hybridized carbons (Fsp3) is 0.318. The summed E-state index contributed by atoms with van der Waals surface area (Å²) >= 11 is 1.09. The molecule has 0 saturated heterocycles. The van der Waals surface area contributed by atoms with E-state index in [2.05, 4.69) is 19.9 Å². The van der Waals surface area contributed by atoms with Crippen LogP contribution in [0.2, 0.25) is 0 Å². The molecule has 0 bridgehead atoms. The van der Waals surface area contributed by atoms with Crippen LogP contribution in [0.4, 0.5) is 5.69 Å². The molecule has 0 saturated carbocycles. The zero-order valence-corrected chi connectivity index (χ0v) is 18.5. The van der Waals surface area contributed by atoms with Crippen molar-refractivity contribution < 1.29 is 9.59 Å². The second-order valence-electron chi connectivity index (χ2n) is 8.18. The van der Waals surface area contributed by atoms with Gasteiger partial charge in [-0.3, -0.25) is 19.5 Å². The second kappa shape index (κ2) is 8.71. The van der Waals surface area contributed by atoms with Crippen molar-refractivity contribution >= 4 is 29.0 Å². The van der Waals surface area contributed by atoms with Crippen molar-refractivity contribution in [1.82, 2.24) is 19.9 Å². The first-order valence-electron chi connectivity index (χ1n) is 9.57. The molecule has 2 amide bonds. The van der Waals surface area contributed by atoms with E-state index >= 15 is 0 Å². The average Bonchev–Trinajstić information content (AvgIpc) is 3.21. The molecule has 0 aliphatic rings. The minimum atomic E-state index is -0.923. The molecule has 2 aromatic heterocycles. The highest BCUT2D eigenvalue weighted by atomic mass is 32.1. The highest BCUT2D eigenvalue weighted by Gasteiger charge is 2.36. The first-order chi connectivity index (χ1) is 14.2. The van der Waals surface area contributed by atoms with Crippen LogP contribution < -0.4 is 10.2 Å². The van der Waals surface area contributed by atoms with Crippen molar-refractivity contribution in [2.75, 3.05) is 4.90 Å². The van der Waals surface area contributed by atoms with Crippen molar-refractivity contribution in [2.45, 2.75) is 46.2 Å². The van der Waals surface area contributed by atoms with E-state index in [9.17, 15) is 9.59 Å². The molecule has 1 aromatic carbocycles. The molecule has 0 fully saturated rings. The molecule has 3 aromatic rings. The molecule has 156 valence electrons. The third kappa shape index (κ3) is 4.88. The maximum atomic E-state index is 13.6. The quantitative estimate of drug-likeness (QED) is 0.673. The molecule has 1 atom stereocenters. The van der Waals surface area contributed by atoms with Gasteiger partial charge in [-0.15, -0.1) is 5.10 Å². The molecule has 8 heteroatoms. The number of pyridine rings is 1. The first kappa shape index (κ1) is 21.6. The highest BCUT2D eigenvalue weighted by Crippen LogP contribution is 2.32. The van der Waals surface area contributed by atoms with Gasteiger partial charge in [0.2, 0.25) is 5.91 Å². The normalized spacial score (nSPS) is 12.3. The summed E-state index contributed by atoms with van der Waals surface area (Å²) in [6.45, 7) is 9.57. The Morgan fingerprint density at radius 2 is 1.93 bits per heavy atom. The zero-order chi connectivity index (χ0) is 21.9.